The average molecular weight is 376 g/mol. The highest BCUT2D eigenvalue weighted by Crippen LogP contribution is 1.99. The van der Waals surface area contributed by atoms with Crippen molar-refractivity contribution in [1.29, 1.82) is 0 Å². The van der Waals surface area contributed by atoms with Gasteiger partial charge in [0.1, 0.15) is 0 Å². The molecule has 0 rings (SSSR count). The first-order valence-corrected chi connectivity index (χ1v) is 9.25. The molecule has 0 aliphatic carbocycles. The molecule has 154 valence electrons. The van der Waals surface area contributed by atoms with E-state index in [0.717, 1.165) is 64.2 Å². The summed E-state index contributed by atoms with van der Waals surface area (Å²) in [5.74, 6) is 0. The van der Waals surface area contributed by atoms with E-state index in [1.54, 1.807) is 0 Å². The van der Waals surface area contributed by atoms with E-state index in [9.17, 15) is 9.59 Å². The lowest BCUT2D eigenvalue weighted by Gasteiger charge is -1.93. The maximum Gasteiger partial charge on any atom is 0.234 e. The standard InChI is InChI=1S/C8H12N2O2.C6H14O2.C4H10O2/c11-7-9-5-3-1-2-4-6-10-8-12;7-5-3-1-2-4-6-8;5-3-1-2-4-6/h1-6H2;7-8H,1-6H2;5-6H,1-4H2. The summed E-state index contributed by atoms with van der Waals surface area (Å²) in [6.07, 6.45) is 12.1. The molecule has 0 spiro atoms. The smallest absolute Gasteiger partial charge is 0.234 e. The van der Waals surface area contributed by atoms with Gasteiger partial charge < -0.3 is 20.4 Å². The van der Waals surface area contributed by atoms with Crippen LogP contribution in [0.15, 0.2) is 9.98 Å². The van der Waals surface area contributed by atoms with Gasteiger partial charge in [-0.1, -0.05) is 25.7 Å². The summed E-state index contributed by atoms with van der Waals surface area (Å²) < 4.78 is 0. The van der Waals surface area contributed by atoms with Crippen molar-refractivity contribution in [3.05, 3.63) is 0 Å². The Morgan fingerprint density at radius 1 is 0.462 bits per heavy atom. The molecule has 8 heteroatoms. The predicted octanol–water partition coefficient (Wildman–Crippen LogP) is 1.50. The van der Waals surface area contributed by atoms with Crippen molar-refractivity contribution < 1.29 is 30.0 Å². The summed E-state index contributed by atoms with van der Waals surface area (Å²) in [5.41, 5.74) is 0. The van der Waals surface area contributed by atoms with Gasteiger partial charge in [-0.2, -0.15) is 0 Å². The number of aliphatic hydroxyl groups is 4. The molecule has 0 heterocycles. The average Bonchev–Trinajstić information content (AvgIpc) is 2.67. The summed E-state index contributed by atoms with van der Waals surface area (Å²) in [6.45, 7) is 2.07. The van der Waals surface area contributed by atoms with Crippen molar-refractivity contribution >= 4 is 12.2 Å². The lowest BCUT2D eigenvalue weighted by molar-refractivity contribution is 0.242. The fraction of sp³-hybridized carbons (Fsp3) is 0.889. The van der Waals surface area contributed by atoms with E-state index in [0.29, 0.717) is 13.1 Å². The molecule has 0 amide bonds. The van der Waals surface area contributed by atoms with Crippen molar-refractivity contribution in [2.75, 3.05) is 39.5 Å². The Hall–Kier alpha value is -1.40. The zero-order valence-electron chi connectivity index (χ0n) is 15.8. The topological polar surface area (TPSA) is 140 Å². The van der Waals surface area contributed by atoms with Gasteiger partial charge in [0, 0.05) is 26.4 Å². The van der Waals surface area contributed by atoms with Crippen LogP contribution < -0.4 is 0 Å². The number of hydrogen-bond donors (Lipinski definition) is 4. The van der Waals surface area contributed by atoms with E-state index in [1.165, 1.54) is 12.2 Å². The molecule has 0 bridgehead atoms. The first kappa shape index (κ1) is 29.4. The Morgan fingerprint density at radius 2 is 0.731 bits per heavy atom. The second-order valence-electron chi connectivity index (χ2n) is 5.38. The van der Waals surface area contributed by atoms with Crippen LogP contribution in [0, 0.1) is 0 Å². The minimum absolute atomic E-state index is 0.195. The molecule has 0 saturated carbocycles. The van der Waals surface area contributed by atoms with E-state index >= 15 is 0 Å². The van der Waals surface area contributed by atoms with Gasteiger partial charge in [-0.15, -0.1) is 0 Å². The SMILES string of the molecule is O=C=NCCCCCCN=C=O.OCCCCCCO.OCCCCO. The van der Waals surface area contributed by atoms with Crippen LogP contribution in [-0.2, 0) is 9.59 Å². The van der Waals surface area contributed by atoms with Crippen LogP contribution in [0.4, 0.5) is 0 Å². The van der Waals surface area contributed by atoms with Gasteiger partial charge in [-0.05, 0) is 38.5 Å². The summed E-state index contributed by atoms with van der Waals surface area (Å²) in [5, 5.41) is 32.8. The molecule has 0 radical (unpaired) electrons. The Labute approximate surface area is 156 Å². The number of hydrogen-bond acceptors (Lipinski definition) is 8. The molecule has 0 aliphatic rings. The highest BCUT2D eigenvalue weighted by Gasteiger charge is 1.88. The summed E-state index contributed by atoms with van der Waals surface area (Å²) in [7, 11) is 0. The quantitative estimate of drug-likeness (QED) is 0.194. The minimum atomic E-state index is 0.195. The number of carbonyl (C=O) groups excluding carboxylic acids is 2. The Morgan fingerprint density at radius 3 is 1.00 bits per heavy atom. The molecular formula is C18H36N2O6. The Balaban J connectivity index is -0.000000328. The van der Waals surface area contributed by atoms with Crippen LogP contribution in [-0.4, -0.2) is 72.1 Å². The molecule has 26 heavy (non-hydrogen) atoms. The van der Waals surface area contributed by atoms with Gasteiger partial charge in [-0.25, -0.2) is 19.6 Å². The van der Waals surface area contributed by atoms with Gasteiger partial charge in [-0.3, -0.25) is 0 Å². The lowest BCUT2D eigenvalue weighted by Crippen LogP contribution is -1.85. The van der Waals surface area contributed by atoms with Crippen molar-refractivity contribution in [2.45, 2.75) is 64.2 Å². The summed E-state index contributed by atoms with van der Waals surface area (Å²) in [4.78, 5) is 26.1. The third kappa shape index (κ3) is 43.3. The monoisotopic (exact) mass is 376 g/mol. The zero-order chi connectivity index (χ0) is 20.1. The van der Waals surface area contributed by atoms with Gasteiger partial charge in [0.25, 0.3) is 0 Å². The second kappa shape index (κ2) is 34.8. The third-order valence-electron chi connectivity index (χ3n) is 3.05. The van der Waals surface area contributed by atoms with Crippen molar-refractivity contribution in [2.24, 2.45) is 9.98 Å². The first-order chi connectivity index (χ1) is 12.7. The first-order valence-electron chi connectivity index (χ1n) is 9.25. The number of aliphatic hydroxyl groups excluding tert-OH is 4. The number of nitrogens with zero attached hydrogens (tertiary/aromatic N) is 2. The molecule has 0 saturated heterocycles. The van der Waals surface area contributed by atoms with E-state index in [2.05, 4.69) is 9.98 Å². The summed E-state index contributed by atoms with van der Waals surface area (Å²) in [6, 6.07) is 0. The second-order valence-corrected chi connectivity index (χ2v) is 5.38. The van der Waals surface area contributed by atoms with E-state index < -0.39 is 0 Å². The van der Waals surface area contributed by atoms with Crippen LogP contribution in [0.1, 0.15) is 64.2 Å². The van der Waals surface area contributed by atoms with E-state index in [4.69, 9.17) is 20.4 Å². The molecule has 4 N–H and O–H groups in total. The molecule has 8 nitrogen and oxygen atoms in total. The van der Waals surface area contributed by atoms with E-state index in [1.807, 2.05) is 0 Å². The number of aliphatic imine (C=N–C) groups is 2. The van der Waals surface area contributed by atoms with Crippen LogP contribution >= 0.6 is 0 Å². The maximum atomic E-state index is 9.63. The molecule has 0 aliphatic heterocycles. The van der Waals surface area contributed by atoms with Crippen LogP contribution in [0.5, 0.6) is 0 Å². The van der Waals surface area contributed by atoms with Crippen molar-refractivity contribution in [1.82, 2.24) is 0 Å². The van der Waals surface area contributed by atoms with Crippen LogP contribution in [0.25, 0.3) is 0 Å². The summed E-state index contributed by atoms with van der Waals surface area (Å²) >= 11 is 0. The molecule has 0 aromatic rings. The fourth-order valence-electron chi connectivity index (χ4n) is 1.63. The Bertz CT molecular complexity index is 298. The molecule has 0 aromatic carbocycles. The van der Waals surface area contributed by atoms with Gasteiger partial charge in [0.05, 0.1) is 13.1 Å². The maximum absolute atomic E-state index is 9.63. The zero-order valence-corrected chi connectivity index (χ0v) is 15.8. The predicted molar refractivity (Wildman–Crippen MR) is 100 cm³/mol. The van der Waals surface area contributed by atoms with Gasteiger partial charge in [0.15, 0.2) is 0 Å². The fourth-order valence-corrected chi connectivity index (χ4v) is 1.63. The minimum Gasteiger partial charge on any atom is -0.396 e. The molecular weight excluding hydrogens is 340 g/mol. The van der Waals surface area contributed by atoms with E-state index in [-0.39, 0.29) is 26.4 Å². The molecule has 0 unspecified atom stereocenters. The number of unbranched alkanes of at least 4 members (excludes halogenated alkanes) is 7. The van der Waals surface area contributed by atoms with Crippen LogP contribution in [0.2, 0.25) is 0 Å². The normalized spacial score (nSPS) is 8.92. The van der Waals surface area contributed by atoms with Gasteiger partial charge >= 0.3 is 0 Å². The third-order valence-corrected chi connectivity index (χ3v) is 3.05. The van der Waals surface area contributed by atoms with Crippen LogP contribution in [0.3, 0.4) is 0 Å². The Kier molecular flexibility index (Phi) is 39.4. The highest BCUT2D eigenvalue weighted by atomic mass is 16.3. The lowest BCUT2D eigenvalue weighted by atomic mass is 10.2. The van der Waals surface area contributed by atoms with Crippen molar-refractivity contribution in [3.63, 3.8) is 0 Å². The largest absolute Gasteiger partial charge is 0.396 e. The van der Waals surface area contributed by atoms with Gasteiger partial charge in [0.2, 0.25) is 12.2 Å². The molecule has 0 fully saturated rings. The van der Waals surface area contributed by atoms with Crippen molar-refractivity contribution in [3.8, 4) is 0 Å². The number of isocyanates is 2. The number of rotatable bonds is 15. The highest BCUT2D eigenvalue weighted by molar-refractivity contribution is 5.32. The molecule has 0 atom stereocenters. The molecule has 0 aromatic heterocycles.